The minimum atomic E-state index is -2.22. The van der Waals surface area contributed by atoms with Crippen molar-refractivity contribution in [3.63, 3.8) is 0 Å². The highest BCUT2D eigenvalue weighted by Crippen LogP contribution is 2.25. The number of nitrogens with one attached hydrogen (secondary N) is 1. The van der Waals surface area contributed by atoms with E-state index in [1.54, 1.807) is 6.08 Å². The van der Waals surface area contributed by atoms with Gasteiger partial charge in [0, 0.05) is 9.27 Å². The molecule has 0 amide bonds. The van der Waals surface area contributed by atoms with E-state index in [0.717, 1.165) is 20.4 Å². The minimum absolute atomic E-state index is 0.313. The number of aryl methyl sites for hydroxylation is 3. The fourth-order valence-electron chi connectivity index (χ4n) is 2.39. The molecular weight excluding hydrogens is 385 g/mol. The SMILES string of the molecule is Cc1cc(C)c(N[C@H]2C=CC(I)=CC2=S(=O)=O)c(C)c1. The summed E-state index contributed by atoms with van der Waals surface area (Å²) >= 11 is 2.12. The van der Waals surface area contributed by atoms with E-state index < -0.39 is 10.3 Å². The first-order valence-electron chi connectivity index (χ1n) is 6.24. The average molecular weight is 401 g/mol. The van der Waals surface area contributed by atoms with Crippen molar-refractivity contribution in [1.29, 1.82) is 0 Å². The van der Waals surface area contributed by atoms with Gasteiger partial charge in [-0.2, -0.15) is 8.42 Å². The number of rotatable bonds is 2. The first-order chi connectivity index (χ1) is 9.38. The first-order valence-corrected chi connectivity index (χ1v) is 8.39. The molecule has 1 aliphatic carbocycles. The number of halogens is 1. The van der Waals surface area contributed by atoms with E-state index in [4.69, 9.17) is 0 Å². The van der Waals surface area contributed by atoms with Crippen LogP contribution >= 0.6 is 22.6 Å². The van der Waals surface area contributed by atoms with Crippen molar-refractivity contribution in [3.8, 4) is 0 Å². The summed E-state index contributed by atoms with van der Waals surface area (Å²) in [7, 11) is -2.22. The van der Waals surface area contributed by atoms with E-state index >= 15 is 0 Å². The molecule has 1 aromatic rings. The molecule has 1 aromatic carbocycles. The normalized spacial score (nSPS) is 17.9. The number of allylic oxidation sites excluding steroid dienone is 2. The molecule has 0 aliphatic heterocycles. The zero-order valence-electron chi connectivity index (χ0n) is 11.6. The summed E-state index contributed by atoms with van der Waals surface area (Å²) < 4.78 is 23.6. The first kappa shape index (κ1) is 15.3. The molecule has 1 N–H and O–H groups in total. The van der Waals surface area contributed by atoms with Gasteiger partial charge in [0.25, 0.3) is 0 Å². The molecule has 0 saturated carbocycles. The second kappa shape index (κ2) is 6.13. The van der Waals surface area contributed by atoms with Crippen molar-refractivity contribution < 1.29 is 8.42 Å². The number of anilines is 1. The van der Waals surface area contributed by atoms with Crippen molar-refractivity contribution in [2.75, 3.05) is 5.32 Å². The third-order valence-corrected chi connectivity index (χ3v) is 4.63. The molecular formula is C15H16INO2S. The van der Waals surface area contributed by atoms with Gasteiger partial charge in [-0.05, 0) is 60.6 Å². The van der Waals surface area contributed by atoms with Gasteiger partial charge in [0.1, 0.15) is 0 Å². The lowest BCUT2D eigenvalue weighted by Gasteiger charge is -2.21. The average Bonchev–Trinajstić information content (AvgIpc) is 2.34. The molecule has 1 aliphatic rings. The summed E-state index contributed by atoms with van der Waals surface area (Å²) in [5.41, 5.74) is 4.45. The highest BCUT2D eigenvalue weighted by molar-refractivity contribution is 14.1. The maximum atomic E-state index is 11.4. The van der Waals surface area contributed by atoms with Gasteiger partial charge in [0.05, 0.1) is 10.9 Å². The van der Waals surface area contributed by atoms with E-state index in [-0.39, 0.29) is 6.04 Å². The van der Waals surface area contributed by atoms with Crippen LogP contribution in [0.4, 0.5) is 5.69 Å². The van der Waals surface area contributed by atoms with Gasteiger partial charge in [0.15, 0.2) is 0 Å². The molecule has 0 aromatic heterocycles. The molecule has 0 spiro atoms. The molecule has 3 nitrogen and oxygen atoms in total. The smallest absolute Gasteiger partial charge is 0.219 e. The summed E-state index contributed by atoms with van der Waals surface area (Å²) in [5.74, 6) is 0. The standard InChI is InChI=1S/C15H16INO2S/c1-9-6-10(2)15(11(3)7-9)17-13-5-4-12(16)8-14(13)20(18)19/h4-8,13,17H,1-3H3/t13-/m0/s1. The van der Waals surface area contributed by atoms with Gasteiger partial charge in [0.2, 0.25) is 10.3 Å². The monoisotopic (exact) mass is 401 g/mol. The number of hydrogen-bond donors (Lipinski definition) is 1. The maximum absolute atomic E-state index is 11.4. The fraction of sp³-hybridized carbons (Fsp3) is 0.267. The minimum Gasteiger partial charge on any atom is -0.373 e. The van der Waals surface area contributed by atoms with Gasteiger partial charge in [-0.3, -0.25) is 0 Å². The van der Waals surface area contributed by atoms with Gasteiger partial charge in [-0.15, -0.1) is 0 Å². The van der Waals surface area contributed by atoms with Crippen LogP contribution in [-0.2, 0) is 10.3 Å². The third kappa shape index (κ3) is 3.32. The summed E-state index contributed by atoms with van der Waals surface area (Å²) in [6.45, 7) is 6.12. The van der Waals surface area contributed by atoms with Crippen LogP contribution in [0.25, 0.3) is 0 Å². The number of hydrogen-bond acceptors (Lipinski definition) is 3. The van der Waals surface area contributed by atoms with Crippen LogP contribution in [0, 0.1) is 20.8 Å². The number of benzene rings is 1. The Bertz CT molecular complexity index is 714. The van der Waals surface area contributed by atoms with E-state index in [1.165, 1.54) is 5.56 Å². The van der Waals surface area contributed by atoms with Crippen molar-refractivity contribution in [1.82, 2.24) is 0 Å². The van der Waals surface area contributed by atoms with Crippen LogP contribution < -0.4 is 5.32 Å². The Balaban J connectivity index is 2.41. The molecule has 0 fully saturated rings. The summed E-state index contributed by atoms with van der Waals surface area (Å²) in [5, 5.41) is 3.33. The highest BCUT2D eigenvalue weighted by atomic mass is 127. The molecule has 0 unspecified atom stereocenters. The van der Waals surface area contributed by atoms with Crippen LogP contribution in [0.3, 0.4) is 0 Å². The van der Waals surface area contributed by atoms with Crippen molar-refractivity contribution in [3.05, 3.63) is 50.6 Å². The van der Waals surface area contributed by atoms with E-state index in [0.29, 0.717) is 4.86 Å². The van der Waals surface area contributed by atoms with Gasteiger partial charge in [-0.1, -0.05) is 29.8 Å². The van der Waals surface area contributed by atoms with Gasteiger partial charge >= 0.3 is 0 Å². The lowest BCUT2D eigenvalue weighted by molar-refractivity contribution is 0.626. The highest BCUT2D eigenvalue weighted by Gasteiger charge is 2.18. The maximum Gasteiger partial charge on any atom is 0.219 e. The topological polar surface area (TPSA) is 46.2 Å². The molecule has 5 heteroatoms. The van der Waals surface area contributed by atoms with Crippen LogP contribution in [-0.4, -0.2) is 19.3 Å². The lowest BCUT2D eigenvalue weighted by Crippen LogP contribution is -2.29. The Morgan fingerprint density at radius 2 is 1.75 bits per heavy atom. The predicted octanol–water partition coefficient (Wildman–Crippen LogP) is 3.33. The second-order valence-corrected chi connectivity index (χ2v) is 7.11. The molecule has 106 valence electrons. The second-order valence-electron chi connectivity index (χ2n) is 4.92. The molecule has 0 saturated heterocycles. The van der Waals surface area contributed by atoms with Gasteiger partial charge < -0.3 is 5.32 Å². The largest absolute Gasteiger partial charge is 0.373 e. The molecule has 1 atom stereocenters. The summed E-state index contributed by atoms with van der Waals surface area (Å²) in [6, 6.07) is 3.87. The molecule has 0 bridgehead atoms. The zero-order valence-corrected chi connectivity index (χ0v) is 14.5. The Labute approximate surface area is 134 Å². The Hall–Kier alpha value is -1.08. The Morgan fingerprint density at radius 3 is 2.30 bits per heavy atom. The summed E-state index contributed by atoms with van der Waals surface area (Å²) in [4.78, 5) is 0.372. The third-order valence-electron chi connectivity index (χ3n) is 3.20. The fourth-order valence-corrected chi connectivity index (χ4v) is 3.71. The summed E-state index contributed by atoms with van der Waals surface area (Å²) in [6.07, 6.45) is 5.50. The molecule has 0 radical (unpaired) electrons. The van der Waals surface area contributed by atoms with Crippen molar-refractivity contribution >= 4 is 43.4 Å². The van der Waals surface area contributed by atoms with E-state index in [9.17, 15) is 8.42 Å². The molecule has 2 rings (SSSR count). The van der Waals surface area contributed by atoms with E-state index in [2.05, 4.69) is 47.0 Å². The quantitative estimate of drug-likeness (QED) is 0.611. The van der Waals surface area contributed by atoms with Gasteiger partial charge in [-0.25, -0.2) is 0 Å². The zero-order chi connectivity index (χ0) is 14.9. The Morgan fingerprint density at radius 1 is 1.15 bits per heavy atom. The Kier molecular flexibility index (Phi) is 4.70. The van der Waals surface area contributed by atoms with Crippen molar-refractivity contribution in [2.45, 2.75) is 26.8 Å². The van der Waals surface area contributed by atoms with E-state index in [1.807, 2.05) is 26.0 Å². The van der Waals surface area contributed by atoms with Crippen LogP contribution in [0.5, 0.6) is 0 Å². The predicted molar refractivity (Wildman–Crippen MR) is 93.2 cm³/mol. The van der Waals surface area contributed by atoms with Crippen LogP contribution in [0.1, 0.15) is 16.7 Å². The lowest BCUT2D eigenvalue weighted by atomic mass is 10.0. The van der Waals surface area contributed by atoms with Crippen LogP contribution in [0.15, 0.2) is 33.9 Å². The van der Waals surface area contributed by atoms with Crippen molar-refractivity contribution in [2.24, 2.45) is 0 Å². The van der Waals surface area contributed by atoms with Crippen LogP contribution in [0.2, 0.25) is 0 Å². The molecule has 20 heavy (non-hydrogen) atoms. The molecule has 0 heterocycles.